The quantitative estimate of drug-likeness (QED) is 0.825. The topological polar surface area (TPSA) is 55.6 Å². The van der Waals surface area contributed by atoms with Gasteiger partial charge in [0.05, 0.1) is 6.54 Å². The smallest absolute Gasteiger partial charge is 0.263 e. The summed E-state index contributed by atoms with van der Waals surface area (Å²) in [5, 5.41) is 15.6. The highest BCUT2D eigenvalue weighted by atomic mass is 35.5. The number of nitrogens with zero attached hydrogens (tertiary/aromatic N) is 4. The average Bonchev–Trinajstić information content (AvgIpc) is 2.77. The molecule has 1 N–H and O–H groups in total. The van der Waals surface area contributed by atoms with E-state index in [1.807, 2.05) is 24.3 Å². The van der Waals surface area contributed by atoms with Gasteiger partial charge in [0.2, 0.25) is 0 Å². The Morgan fingerprint density at radius 2 is 2.12 bits per heavy atom. The van der Waals surface area contributed by atoms with Gasteiger partial charge in [-0.1, -0.05) is 34.9 Å². The van der Waals surface area contributed by atoms with Crippen molar-refractivity contribution in [2.75, 3.05) is 5.32 Å². The second-order valence-corrected chi connectivity index (χ2v) is 3.87. The van der Waals surface area contributed by atoms with Gasteiger partial charge < -0.3 is 5.32 Å². The van der Waals surface area contributed by atoms with Crippen molar-refractivity contribution in [3.05, 3.63) is 47.5 Å². The van der Waals surface area contributed by atoms with Crippen LogP contribution in [0.2, 0.25) is 5.02 Å². The maximum Gasteiger partial charge on any atom is 0.263 e. The maximum absolute atomic E-state index is 5.80. The van der Waals surface area contributed by atoms with Gasteiger partial charge in [-0.25, -0.2) is 0 Å². The first kappa shape index (κ1) is 11.6. The number of hydrogen-bond acceptors (Lipinski definition) is 4. The molecule has 0 aliphatic carbocycles. The number of allylic oxidation sites excluding steroid dienone is 1. The van der Waals surface area contributed by atoms with Crippen LogP contribution in [-0.4, -0.2) is 20.2 Å². The van der Waals surface area contributed by atoms with E-state index in [2.05, 4.69) is 27.3 Å². The molecule has 0 saturated heterocycles. The van der Waals surface area contributed by atoms with Crippen LogP contribution in [0.3, 0.4) is 0 Å². The molecule has 1 aromatic heterocycles. The third kappa shape index (κ3) is 3.29. The fourth-order valence-electron chi connectivity index (χ4n) is 1.29. The fraction of sp³-hybridized carbons (Fsp3) is 0.182. The van der Waals surface area contributed by atoms with Crippen LogP contribution in [-0.2, 0) is 13.1 Å². The molecule has 0 unspecified atom stereocenters. The van der Waals surface area contributed by atoms with Crippen LogP contribution in [0.5, 0.6) is 0 Å². The zero-order chi connectivity index (χ0) is 12.1. The molecule has 5 nitrogen and oxygen atoms in total. The molecular weight excluding hydrogens is 238 g/mol. The van der Waals surface area contributed by atoms with E-state index in [0.29, 0.717) is 19.0 Å². The van der Waals surface area contributed by atoms with Gasteiger partial charge in [-0.2, -0.15) is 4.80 Å². The molecule has 0 atom stereocenters. The molecule has 0 amide bonds. The summed E-state index contributed by atoms with van der Waals surface area (Å²) in [7, 11) is 0. The summed E-state index contributed by atoms with van der Waals surface area (Å²) in [5.41, 5.74) is 1.11. The first-order valence-electron chi connectivity index (χ1n) is 5.15. The number of halogens is 1. The normalized spacial score (nSPS) is 10.2. The third-order valence-corrected chi connectivity index (χ3v) is 2.36. The molecule has 6 heteroatoms. The van der Waals surface area contributed by atoms with E-state index in [4.69, 9.17) is 11.6 Å². The summed E-state index contributed by atoms with van der Waals surface area (Å²) in [4.78, 5) is 1.47. The Morgan fingerprint density at radius 1 is 1.35 bits per heavy atom. The SMILES string of the molecule is C=CCn1nnc(NCc2ccc(Cl)cc2)n1. The molecule has 2 aromatic rings. The number of nitrogens with one attached hydrogen (secondary N) is 1. The van der Waals surface area contributed by atoms with Crippen molar-refractivity contribution < 1.29 is 0 Å². The highest BCUT2D eigenvalue weighted by molar-refractivity contribution is 6.30. The van der Waals surface area contributed by atoms with Gasteiger partial charge >= 0.3 is 0 Å². The van der Waals surface area contributed by atoms with Crippen LogP contribution >= 0.6 is 11.6 Å². The molecule has 17 heavy (non-hydrogen) atoms. The van der Waals surface area contributed by atoms with E-state index in [1.165, 1.54) is 4.80 Å². The van der Waals surface area contributed by atoms with Crippen LogP contribution in [0.25, 0.3) is 0 Å². The molecule has 2 rings (SSSR count). The summed E-state index contributed by atoms with van der Waals surface area (Å²) in [6.45, 7) is 4.79. The van der Waals surface area contributed by atoms with E-state index in [9.17, 15) is 0 Å². The minimum absolute atomic E-state index is 0.502. The molecule has 1 heterocycles. The number of anilines is 1. The first-order chi connectivity index (χ1) is 8.28. The zero-order valence-electron chi connectivity index (χ0n) is 9.17. The standard InChI is InChI=1S/C11H12ClN5/c1-2-7-17-15-11(14-16-17)13-8-9-3-5-10(12)6-4-9/h2-6H,1,7-8H2,(H,13,15). The Kier molecular flexibility index (Phi) is 3.72. The molecule has 0 aliphatic rings. The summed E-state index contributed by atoms with van der Waals surface area (Å²) < 4.78 is 0. The lowest BCUT2D eigenvalue weighted by Gasteiger charge is -2.01. The highest BCUT2D eigenvalue weighted by Crippen LogP contribution is 2.10. The van der Waals surface area contributed by atoms with E-state index in [-0.39, 0.29) is 0 Å². The monoisotopic (exact) mass is 249 g/mol. The predicted octanol–water partition coefficient (Wildman–Crippen LogP) is 2.12. The highest BCUT2D eigenvalue weighted by Gasteiger charge is 2.00. The Morgan fingerprint density at radius 3 is 2.82 bits per heavy atom. The Hall–Kier alpha value is -1.88. The minimum atomic E-state index is 0.502. The van der Waals surface area contributed by atoms with E-state index in [1.54, 1.807) is 6.08 Å². The number of rotatable bonds is 5. The van der Waals surface area contributed by atoms with Crippen LogP contribution < -0.4 is 5.32 Å². The van der Waals surface area contributed by atoms with Crippen LogP contribution in [0.1, 0.15) is 5.56 Å². The van der Waals surface area contributed by atoms with Gasteiger partial charge in [0, 0.05) is 11.6 Å². The van der Waals surface area contributed by atoms with Crippen molar-refractivity contribution in [3.63, 3.8) is 0 Å². The molecule has 1 aromatic carbocycles. The van der Waals surface area contributed by atoms with Gasteiger partial charge in [-0.15, -0.1) is 11.7 Å². The Labute approximate surface area is 104 Å². The van der Waals surface area contributed by atoms with Crippen LogP contribution in [0.15, 0.2) is 36.9 Å². The van der Waals surface area contributed by atoms with Crippen LogP contribution in [0.4, 0.5) is 5.95 Å². The van der Waals surface area contributed by atoms with Crippen molar-refractivity contribution in [3.8, 4) is 0 Å². The van der Waals surface area contributed by atoms with E-state index in [0.717, 1.165) is 10.6 Å². The largest absolute Gasteiger partial charge is 0.348 e. The Bertz CT molecular complexity index is 491. The van der Waals surface area contributed by atoms with E-state index >= 15 is 0 Å². The molecule has 0 fully saturated rings. The molecule has 0 aliphatic heterocycles. The van der Waals surface area contributed by atoms with Crippen molar-refractivity contribution >= 4 is 17.5 Å². The molecular formula is C11H12ClN5. The number of hydrogen-bond donors (Lipinski definition) is 1. The first-order valence-corrected chi connectivity index (χ1v) is 5.53. The molecule has 0 saturated carbocycles. The number of benzene rings is 1. The van der Waals surface area contributed by atoms with Crippen molar-refractivity contribution in [2.24, 2.45) is 0 Å². The second kappa shape index (κ2) is 5.45. The summed E-state index contributed by atoms with van der Waals surface area (Å²) in [5.74, 6) is 0.502. The summed E-state index contributed by atoms with van der Waals surface area (Å²) >= 11 is 5.80. The lowest BCUT2D eigenvalue weighted by molar-refractivity contribution is 0.583. The van der Waals surface area contributed by atoms with Crippen molar-refractivity contribution in [1.82, 2.24) is 20.2 Å². The lowest BCUT2D eigenvalue weighted by Crippen LogP contribution is -2.03. The van der Waals surface area contributed by atoms with Gasteiger partial charge in [0.15, 0.2) is 0 Å². The molecule has 0 radical (unpaired) electrons. The van der Waals surface area contributed by atoms with Gasteiger partial charge in [-0.05, 0) is 22.9 Å². The number of tetrazole rings is 1. The third-order valence-electron chi connectivity index (χ3n) is 2.11. The fourth-order valence-corrected chi connectivity index (χ4v) is 1.42. The summed E-state index contributed by atoms with van der Waals surface area (Å²) in [6.07, 6.45) is 1.71. The maximum atomic E-state index is 5.80. The molecule has 0 bridgehead atoms. The zero-order valence-corrected chi connectivity index (χ0v) is 9.93. The second-order valence-electron chi connectivity index (χ2n) is 3.44. The summed E-state index contributed by atoms with van der Waals surface area (Å²) in [6, 6.07) is 7.59. The van der Waals surface area contributed by atoms with Gasteiger partial charge in [0.1, 0.15) is 0 Å². The van der Waals surface area contributed by atoms with Crippen molar-refractivity contribution in [2.45, 2.75) is 13.1 Å². The van der Waals surface area contributed by atoms with Crippen LogP contribution in [0, 0.1) is 0 Å². The molecule has 0 spiro atoms. The predicted molar refractivity (Wildman–Crippen MR) is 66.8 cm³/mol. The molecule has 88 valence electrons. The number of aromatic nitrogens is 4. The van der Waals surface area contributed by atoms with E-state index < -0.39 is 0 Å². The average molecular weight is 250 g/mol. The Balaban J connectivity index is 1.92. The minimum Gasteiger partial charge on any atom is -0.348 e. The van der Waals surface area contributed by atoms with Gasteiger partial charge in [0.25, 0.3) is 5.95 Å². The van der Waals surface area contributed by atoms with Crippen molar-refractivity contribution in [1.29, 1.82) is 0 Å². The lowest BCUT2D eigenvalue weighted by atomic mass is 10.2. The van der Waals surface area contributed by atoms with Gasteiger partial charge in [-0.3, -0.25) is 0 Å².